The third-order valence-corrected chi connectivity index (χ3v) is 4.33. The van der Waals surface area contributed by atoms with Gasteiger partial charge in [-0.1, -0.05) is 6.92 Å². The number of halogens is 1. The number of hydrogen-bond donors (Lipinski definition) is 4. The van der Waals surface area contributed by atoms with Crippen LogP contribution in [0.1, 0.15) is 20.3 Å². The first kappa shape index (κ1) is 21.6. The van der Waals surface area contributed by atoms with E-state index in [-0.39, 0.29) is 23.5 Å². The molecule has 1 amide bonds. The van der Waals surface area contributed by atoms with Gasteiger partial charge in [-0.05, 0) is 19.4 Å². The van der Waals surface area contributed by atoms with Gasteiger partial charge in [0.05, 0.1) is 25.5 Å². The topological polar surface area (TPSA) is 137 Å². The highest BCUT2D eigenvalue weighted by atomic mass is 19.1. The molecule has 1 aliphatic heterocycles. The summed E-state index contributed by atoms with van der Waals surface area (Å²) in [5, 5.41) is 6.06. The van der Waals surface area contributed by atoms with Crippen LogP contribution >= 0.6 is 0 Å². The molecule has 0 aliphatic carbocycles. The van der Waals surface area contributed by atoms with E-state index in [0.717, 1.165) is 6.08 Å². The van der Waals surface area contributed by atoms with Gasteiger partial charge in [-0.2, -0.15) is 4.98 Å². The summed E-state index contributed by atoms with van der Waals surface area (Å²) >= 11 is 0. The van der Waals surface area contributed by atoms with Crippen LogP contribution in [0.4, 0.5) is 10.1 Å². The van der Waals surface area contributed by atoms with Gasteiger partial charge in [0.25, 0.3) is 5.91 Å². The van der Waals surface area contributed by atoms with E-state index >= 15 is 0 Å². The lowest BCUT2D eigenvalue weighted by Crippen LogP contribution is -2.51. The van der Waals surface area contributed by atoms with Crippen molar-refractivity contribution in [2.75, 3.05) is 19.5 Å². The van der Waals surface area contributed by atoms with Gasteiger partial charge in [0.1, 0.15) is 12.0 Å². The molecule has 6 N–H and O–H groups in total. The second-order valence-electron chi connectivity index (χ2n) is 6.42. The van der Waals surface area contributed by atoms with Crippen molar-refractivity contribution in [2.45, 2.75) is 44.7 Å². The standard InChI is InChI=1S/C18H27FN6O3/c1-5-13(9(2)20)23-18-12(19)8-11(16(21)26)17(25-18)22-10-6-14(27-3)24-15(7-10)28-4/h6-9,12-13,18,23H,5,20H2,1-4H3,(H2,21,26)(H,22,24,25)/t9-,12?,13+,18?/m0/s1. The average molecular weight is 394 g/mol. The van der Waals surface area contributed by atoms with E-state index in [0.29, 0.717) is 23.9 Å². The van der Waals surface area contributed by atoms with Crippen molar-refractivity contribution in [3.8, 4) is 11.8 Å². The largest absolute Gasteiger partial charge is 0.481 e. The lowest BCUT2D eigenvalue weighted by molar-refractivity contribution is -0.114. The summed E-state index contributed by atoms with van der Waals surface area (Å²) in [7, 11) is 2.93. The fourth-order valence-corrected chi connectivity index (χ4v) is 2.80. The van der Waals surface area contributed by atoms with Crippen molar-refractivity contribution in [1.29, 1.82) is 0 Å². The van der Waals surface area contributed by atoms with Crippen LogP contribution < -0.4 is 31.6 Å². The number of amides is 1. The molecule has 1 aromatic heterocycles. The maximum atomic E-state index is 14.6. The molecule has 1 aromatic rings. The molecular weight excluding hydrogens is 367 g/mol. The van der Waals surface area contributed by atoms with Crippen LogP contribution in [0.25, 0.3) is 0 Å². The summed E-state index contributed by atoms with van der Waals surface area (Å²) in [4.78, 5) is 20.2. The van der Waals surface area contributed by atoms with Crippen molar-refractivity contribution < 1.29 is 18.7 Å². The average Bonchev–Trinajstić information content (AvgIpc) is 2.66. The number of methoxy groups -OCH3 is 2. The number of nitrogens with zero attached hydrogens (tertiary/aromatic N) is 2. The van der Waals surface area contributed by atoms with Crippen LogP contribution in [-0.4, -0.2) is 55.4 Å². The third kappa shape index (κ3) is 5.17. The van der Waals surface area contributed by atoms with E-state index in [1.54, 1.807) is 12.1 Å². The highest BCUT2D eigenvalue weighted by Gasteiger charge is 2.30. The Kier molecular flexibility index (Phi) is 7.30. The Bertz CT molecular complexity index is 745. The zero-order chi connectivity index (χ0) is 20.8. The predicted molar refractivity (Wildman–Crippen MR) is 105 cm³/mol. The monoisotopic (exact) mass is 394 g/mol. The van der Waals surface area contributed by atoms with Crippen LogP contribution in [0.2, 0.25) is 0 Å². The molecule has 10 heteroatoms. The van der Waals surface area contributed by atoms with Crippen LogP contribution in [0.5, 0.6) is 11.8 Å². The molecule has 2 rings (SSSR count). The SMILES string of the molecule is CC[C@@H](NC1N=C(Nc2cc(OC)nc(OC)c2)C(C(N)=O)=CC1F)[C@H](C)N. The number of alkyl halides is 1. The zero-order valence-electron chi connectivity index (χ0n) is 16.4. The highest BCUT2D eigenvalue weighted by Crippen LogP contribution is 2.24. The number of rotatable bonds is 8. The second kappa shape index (κ2) is 9.47. The minimum absolute atomic E-state index is 0.0471. The Morgan fingerprint density at radius 3 is 2.39 bits per heavy atom. The number of dihydropyridines is 1. The smallest absolute Gasteiger partial charge is 0.252 e. The first-order chi connectivity index (χ1) is 13.3. The first-order valence-corrected chi connectivity index (χ1v) is 8.91. The number of nitrogens with one attached hydrogen (secondary N) is 2. The van der Waals surface area contributed by atoms with Gasteiger partial charge in [0, 0.05) is 24.2 Å². The number of nitrogens with two attached hydrogens (primary N) is 2. The van der Waals surface area contributed by atoms with E-state index in [4.69, 9.17) is 20.9 Å². The quantitative estimate of drug-likeness (QED) is 0.510. The van der Waals surface area contributed by atoms with Crippen molar-refractivity contribution in [3.63, 3.8) is 0 Å². The van der Waals surface area contributed by atoms with Crippen LogP contribution in [0.15, 0.2) is 28.8 Å². The minimum atomic E-state index is -1.53. The predicted octanol–water partition coefficient (Wildman–Crippen LogP) is 0.714. The van der Waals surface area contributed by atoms with E-state index in [1.165, 1.54) is 14.2 Å². The molecule has 9 nitrogen and oxygen atoms in total. The lowest BCUT2D eigenvalue weighted by Gasteiger charge is -2.29. The Morgan fingerprint density at radius 1 is 1.32 bits per heavy atom. The molecule has 4 atom stereocenters. The van der Waals surface area contributed by atoms with Crippen molar-refractivity contribution in [3.05, 3.63) is 23.8 Å². The molecule has 0 fully saturated rings. The third-order valence-electron chi connectivity index (χ3n) is 4.33. The molecule has 0 saturated carbocycles. The second-order valence-corrected chi connectivity index (χ2v) is 6.42. The molecule has 0 saturated heterocycles. The molecule has 154 valence electrons. The summed E-state index contributed by atoms with van der Waals surface area (Å²) < 4.78 is 24.9. The van der Waals surface area contributed by atoms with E-state index in [1.807, 2.05) is 13.8 Å². The van der Waals surface area contributed by atoms with Gasteiger partial charge in [0.15, 0.2) is 6.17 Å². The molecule has 0 radical (unpaired) electrons. The summed E-state index contributed by atoms with van der Waals surface area (Å²) in [6.07, 6.45) is -0.585. The van der Waals surface area contributed by atoms with Gasteiger partial charge < -0.3 is 26.3 Å². The van der Waals surface area contributed by atoms with Crippen molar-refractivity contribution in [2.24, 2.45) is 16.5 Å². The number of pyridine rings is 1. The Balaban J connectivity index is 2.35. The molecule has 0 spiro atoms. The number of aromatic nitrogens is 1. The zero-order valence-corrected chi connectivity index (χ0v) is 16.4. The summed E-state index contributed by atoms with van der Waals surface area (Å²) in [6, 6.07) is 2.84. The van der Waals surface area contributed by atoms with Gasteiger partial charge in [-0.3, -0.25) is 10.1 Å². The Labute approximate surface area is 163 Å². The van der Waals surface area contributed by atoms with Crippen LogP contribution in [0.3, 0.4) is 0 Å². The molecule has 28 heavy (non-hydrogen) atoms. The molecule has 0 aromatic carbocycles. The fourth-order valence-electron chi connectivity index (χ4n) is 2.80. The fraction of sp³-hybridized carbons (Fsp3) is 0.500. The number of anilines is 1. The molecule has 2 heterocycles. The minimum Gasteiger partial charge on any atom is -0.481 e. The molecule has 0 bridgehead atoms. The van der Waals surface area contributed by atoms with E-state index < -0.39 is 18.2 Å². The molecule has 1 aliphatic rings. The first-order valence-electron chi connectivity index (χ1n) is 8.91. The van der Waals surface area contributed by atoms with Gasteiger partial charge in [0.2, 0.25) is 11.8 Å². The maximum Gasteiger partial charge on any atom is 0.252 e. The van der Waals surface area contributed by atoms with Crippen molar-refractivity contribution >= 4 is 17.4 Å². The van der Waals surface area contributed by atoms with Gasteiger partial charge in [-0.15, -0.1) is 0 Å². The maximum absolute atomic E-state index is 14.6. The highest BCUT2D eigenvalue weighted by molar-refractivity contribution is 6.25. The lowest BCUT2D eigenvalue weighted by atomic mass is 10.0. The summed E-state index contributed by atoms with van der Waals surface area (Å²) in [5.41, 5.74) is 11.8. The molecule has 2 unspecified atom stereocenters. The van der Waals surface area contributed by atoms with Gasteiger partial charge in [-0.25, -0.2) is 9.38 Å². The Hall–Kier alpha value is -2.72. The number of primary amides is 1. The number of ether oxygens (including phenoxy) is 2. The van der Waals surface area contributed by atoms with E-state index in [2.05, 4.69) is 20.6 Å². The van der Waals surface area contributed by atoms with Gasteiger partial charge >= 0.3 is 0 Å². The number of carbonyl (C=O) groups is 1. The normalized spacial score (nSPS) is 21.2. The van der Waals surface area contributed by atoms with Crippen LogP contribution in [-0.2, 0) is 4.79 Å². The van der Waals surface area contributed by atoms with E-state index in [9.17, 15) is 9.18 Å². The van der Waals surface area contributed by atoms with Crippen molar-refractivity contribution in [1.82, 2.24) is 10.3 Å². The number of aliphatic imine (C=N–C) groups is 1. The Morgan fingerprint density at radius 2 is 1.93 bits per heavy atom. The molecular formula is C18H27FN6O3. The number of carbonyl (C=O) groups excluding carboxylic acids is 1. The summed E-state index contributed by atoms with van der Waals surface area (Å²) in [5.74, 6) is -0.0684. The summed E-state index contributed by atoms with van der Waals surface area (Å²) in [6.45, 7) is 3.78. The number of hydrogen-bond acceptors (Lipinski definition) is 8. The number of amidine groups is 1. The van der Waals surface area contributed by atoms with Crippen LogP contribution in [0, 0.1) is 0 Å².